The molecule has 4 heteroatoms. The topological polar surface area (TPSA) is 61.4 Å². The van der Waals surface area contributed by atoms with Gasteiger partial charge >= 0.3 is 0 Å². The van der Waals surface area contributed by atoms with Crippen LogP contribution in [0.15, 0.2) is 0 Å². The predicted octanol–water partition coefficient (Wildman–Crippen LogP) is 1.96. The second-order valence-corrected chi connectivity index (χ2v) is 6.59. The first kappa shape index (κ1) is 16.4. The van der Waals surface area contributed by atoms with E-state index in [0.29, 0.717) is 0 Å². The normalized spacial score (nSPS) is 20.9. The van der Waals surface area contributed by atoms with E-state index in [1.807, 2.05) is 20.8 Å². The molecule has 1 saturated carbocycles. The van der Waals surface area contributed by atoms with E-state index in [1.165, 1.54) is 6.42 Å². The monoisotopic (exact) mass is 270 g/mol. The molecule has 1 unspecified atom stereocenters. The standard InChI is InChI=1S/C15H30N2O2/c1-5-14(3,4)17-13(19)12(2)16-15(11-18)9-7-6-8-10-15/h12,16,18H,5-11H2,1-4H3,(H,17,19). The first-order valence-corrected chi connectivity index (χ1v) is 7.55. The number of hydrogen-bond donors (Lipinski definition) is 3. The van der Waals surface area contributed by atoms with Gasteiger partial charge in [0.1, 0.15) is 0 Å². The first-order valence-electron chi connectivity index (χ1n) is 7.55. The second kappa shape index (κ2) is 6.71. The summed E-state index contributed by atoms with van der Waals surface area (Å²) in [4.78, 5) is 12.2. The molecule has 0 aromatic carbocycles. The summed E-state index contributed by atoms with van der Waals surface area (Å²) in [5.41, 5.74) is -0.433. The van der Waals surface area contributed by atoms with Crippen molar-refractivity contribution < 1.29 is 9.90 Å². The summed E-state index contributed by atoms with van der Waals surface area (Å²) in [5.74, 6) is 0.0187. The molecule has 112 valence electrons. The minimum absolute atomic E-state index is 0.0187. The molecule has 0 bridgehead atoms. The number of carbonyl (C=O) groups is 1. The summed E-state index contributed by atoms with van der Waals surface area (Å²) in [5, 5.41) is 16.1. The van der Waals surface area contributed by atoms with E-state index in [0.717, 1.165) is 32.1 Å². The van der Waals surface area contributed by atoms with E-state index >= 15 is 0 Å². The molecule has 1 fully saturated rings. The van der Waals surface area contributed by atoms with Gasteiger partial charge in [-0.1, -0.05) is 26.2 Å². The molecular weight excluding hydrogens is 240 g/mol. The van der Waals surface area contributed by atoms with Gasteiger partial charge in [-0.15, -0.1) is 0 Å². The smallest absolute Gasteiger partial charge is 0.237 e. The highest BCUT2D eigenvalue weighted by Gasteiger charge is 2.34. The number of carbonyl (C=O) groups excluding carboxylic acids is 1. The lowest BCUT2D eigenvalue weighted by Crippen LogP contribution is -2.59. The lowest BCUT2D eigenvalue weighted by atomic mass is 9.81. The van der Waals surface area contributed by atoms with Crippen molar-refractivity contribution in [2.75, 3.05) is 6.61 Å². The van der Waals surface area contributed by atoms with E-state index in [1.54, 1.807) is 0 Å². The minimum atomic E-state index is -0.268. The van der Waals surface area contributed by atoms with Gasteiger partial charge < -0.3 is 10.4 Å². The summed E-state index contributed by atoms with van der Waals surface area (Å²) in [6.45, 7) is 8.11. The fourth-order valence-electron chi connectivity index (χ4n) is 2.63. The van der Waals surface area contributed by atoms with Crippen LogP contribution in [-0.4, -0.2) is 34.7 Å². The summed E-state index contributed by atoms with van der Waals surface area (Å²) in [6, 6.07) is -0.268. The van der Waals surface area contributed by atoms with Crippen molar-refractivity contribution in [2.24, 2.45) is 0 Å². The fourth-order valence-corrected chi connectivity index (χ4v) is 2.63. The van der Waals surface area contributed by atoms with Crippen molar-refractivity contribution in [3.05, 3.63) is 0 Å². The van der Waals surface area contributed by atoms with Crippen molar-refractivity contribution in [3.8, 4) is 0 Å². The van der Waals surface area contributed by atoms with Crippen molar-refractivity contribution in [1.29, 1.82) is 0 Å². The van der Waals surface area contributed by atoms with Gasteiger partial charge in [-0.3, -0.25) is 10.1 Å². The molecule has 0 aromatic heterocycles. The van der Waals surface area contributed by atoms with Crippen LogP contribution in [0, 0.1) is 0 Å². The Morgan fingerprint density at radius 2 is 1.89 bits per heavy atom. The van der Waals surface area contributed by atoms with Gasteiger partial charge in [0, 0.05) is 11.1 Å². The molecule has 19 heavy (non-hydrogen) atoms. The van der Waals surface area contributed by atoms with Gasteiger partial charge in [0.2, 0.25) is 5.91 Å². The van der Waals surface area contributed by atoms with Crippen LogP contribution in [0.5, 0.6) is 0 Å². The SMILES string of the molecule is CCC(C)(C)NC(=O)C(C)NC1(CO)CCCCC1. The van der Waals surface area contributed by atoms with Crippen LogP contribution in [-0.2, 0) is 4.79 Å². The lowest BCUT2D eigenvalue weighted by Gasteiger charge is -2.39. The largest absolute Gasteiger partial charge is 0.394 e. The van der Waals surface area contributed by atoms with Gasteiger partial charge in [-0.05, 0) is 40.0 Å². The van der Waals surface area contributed by atoms with Gasteiger partial charge in [-0.2, -0.15) is 0 Å². The Kier molecular flexibility index (Phi) is 5.81. The Bertz CT molecular complexity index is 297. The third-order valence-electron chi connectivity index (χ3n) is 4.37. The van der Waals surface area contributed by atoms with Crippen LogP contribution in [0.4, 0.5) is 0 Å². The van der Waals surface area contributed by atoms with E-state index in [4.69, 9.17) is 0 Å². The zero-order chi connectivity index (χ0) is 14.5. The van der Waals surface area contributed by atoms with E-state index in [2.05, 4.69) is 17.6 Å². The highest BCUT2D eigenvalue weighted by atomic mass is 16.3. The number of nitrogens with one attached hydrogen (secondary N) is 2. The second-order valence-electron chi connectivity index (χ2n) is 6.59. The van der Waals surface area contributed by atoms with Crippen LogP contribution >= 0.6 is 0 Å². The molecule has 1 atom stereocenters. The summed E-state index contributed by atoms with van der Waals surface area (Å²) in [7, 11) is 0. The van der Waals surface area contributed by atoms with Gasteiger partial charge in [0.05, 0.1) is 12.6 Å². The third-order valence-corrected chi connectivity index (χ3v) is 4.37. The summed E-state index contributed by atoms with van der Waals surface area (Å²) in [6.07, 6.45) is 6.30. The highest BCUT2D eigenvalue weighted by Crippen LogP contribution is 2.28. The maximum Gasteiger partial charge on any atom is 0.237 e. The fraction of sp³-hybridized carbons (Fsp3) is 0.933. The Morgan fingerprint density at radius 3 is 2.37 bits per heavy atom. The van der Waals surface area contributed by atoms with Crippen LogP contribution in [0.3, 0.4) is 0 Å². The Balaban J connectivity index is 2.57. The minimum Gasteiger partial charge on any atom is -0.394 e. The molecule has 0 radical (unpaired) electrons. The highest BCUT2D eigenvalue weighted by molar-refractivity contribution is 5.82. The van der Waals surface area contributed by atoms with Crippen molar-refractivity contribution in [1.82, 2.24) is 10.6 Å². The predicted molar refractivity (Wildman–Crippen MR) is 78.0 cm³/mol. The molecule has 0 saturated heterocycles. The van der Waals surface area contributed by atoms with E-state index in [9.17, 15) is 9.90 Å². The molecule has 1 amide bonds. The van der Waals surface area contributed by atoms with Crippen LogP contribution in [0.2, 0.25) is 0 Å². The van der Waals surface area contributed by atoms with Crippen molar-refractivity contribution in [2.45, 2.75) is 83.3 Å². The van der Waals surface area contributed by atoms with Crippen molar-refractivity contribution in [3.63, 3.8) is 0 Å². The number of rotatable bonds is 6. The Hall–Kier alpha value is -0.610. The third kappa shape index (κ3) is 4.77. The lowest BCUT2D eigenvalue weighted by molar-refractivity contribution is -0.125. The van der Waals surface area contributed by atoms with Crippen LogP contribution in [0.25, 0.3) is 0 Å². The number of amides is 1. The molecule has 1 rings (SSSR count). The molecule has 4 nitrogen and oxygen atoms in total. The molecule has 3 N–H and O–H groups in total. The van der Waals surface area contributed by atoms with Gasteiger partial charge in [-0.25, -0.2) is 0 Å². The summed E-state index contributed by atoms with van der Waals surface area (Å²) >= 11 is 0. The van der Waals surface area contributed by atoms with E-state index in [-0.39, 0.29) is 29.6 Å². The molecule has 1 aliphatic carbocycles. The van der Waals surface area contributed by atoms with Crippen LogP contribution < -0.4 is 10.6 Å². The zero-order valence-corrected chi connectivity index (χ0v) is 12.9. The van der Waals surface area contributed by atoms with Crippen LogP contribution in [0.1, 0.15) is 66.2 Å². The Morgan fingerprint density at radius 1 is 1.32 bits per heavy atom. The average molecular weight is 270 g/mol. The van der Waals surface area contributed by atoms with Gasteiger partial charge in [0.15, 0.2) is 0 Å². The van der Waals surface area contributed by atoms with Crippen molar-refractivity contribution >= 4 is 5.91 Å². The number of aliphatic hydroxyl groups is 1. The average Bonchev–Trinajstić information content (AvgIpc) is 2.39. The quantitative estimate of drug-likeness (QED) is 0.691. The number of hydrogen-bond acceptors (Lipinski definition) is 3. The number of aliphatic hydroxyl groups excluding tert-OH is 1. The molecule has 0 heterocycles. The first-order chi connectivity index (χ1) is 8.84. The molecule has 0 spiro atoms. The summed E-state index contributed by atoms with van der Waals surface area (Å²) < 4.78 is 0. The maximum absolute atomic E-state index is 12.2. The maximum atomic E-state index is 12.2. The molecule has 0 aromatic rings. The Labute approximate surface area is 117 Å². The van der Waals surface area contributed by atoms with E-state index < -0.39 is 0 Å². The molecule has 1 aliphatic rings. The molecule has 0 aliphatic heterocycles. The molecular formula is C15H30N2O2. The zero-order valence-electron chi connectivity index (χ0n) is 12.9. The van der Waals surface area contributed by atoms with Gasteiger partial charge in [0.25, 0.3) is 0 Å².